The van der Waals surface area contributed by atoms with Crippen molar-refractivity contribution < 1.29 is 4.79 Å². The van der Waals surface area contributed by atoms with E-state index in [2.05, 4.69) is 34.7 Å². The number of carbonyl (C=O) groups is 1. The van der Waals surface area contributed by atoms with E-state index in [-0.39, 0.29) is 5.91 Å². The Balaban J connectivity index is 1.67. The van der Waals surface area contributed by atoms with E-state index in [1.54, 1.807) is 18.0 Å². The van der Waals surface area contributed by atoms with E-state index in [4.69, 9.17) is 4.98 Å². The van der Waals surface area contributed by atoms with Crippen molar-refractivity contribution in [2.75, 3.05) is 11.6 Å². The van der Waals surface area contributed by atoms with Crippen LogP contribution in [0.25, 0.3) is 27.9 Å². The zero-order valence-electron chi connectivity index (χ0n) is 15.0. The van der Waals surface area contributed by atoms with Crippen LogP contribution < -0.4 is 5.32 Å². The van der Waals surface area contributed by atoms with E-state index in [9.17, 15) is 4.79 Å². The molecule has 0 unspecified atom stereocenters. The molecule has 0 aliphatic heterocycles. The average molecular weight is 374 g/mol. The van der Waals surface area contributed by atoms with Gasteiger partial charge in [-0.05, 0) is 41.6 Å². The second kappa shape index (κ2) is 7.25. The molecule has 0 saturated carbocycles. The summed E-state index contributed by atoms with van der Waals surface area (Å²) in [5.41, 5.74) is 5.93. The first-order chi connectivity index (χ1) is 13.1. The molecule has 0 atom stereocenters. The minimum Gasteiger partial charge on any atom is -0.326 e. The number of carbonyl (C=O) groups excluding carboxylic acids is 1. The number of hydrogen-bond acceptors (Lipinski definition) is 4. The van der Waals surface area contributed by atoms with Crippen LogP contribution in [-0.2, 0) is 4.79 Å². The largest absolute Gasteiger partial charge is 0.326 e. The van der Waals surface area contributed by atoms with E-state index in [1.165, 1.54) is 6.92 Å². The summed E-state index contributed by atoms with van der Waals surface area (Å²) in [5, 5.41) is 7.99. The number of rotatable bonds is 4. The summed E-state index contributed by atoms with van der Waals surface area (Å²) >= 11 is 1.57. The molecule has 4 aromatic rings. The van der Waals surface area contributed by atoms with Gasteiger partial charge in [0.2, 0.25) is 5.91 Å². The summed E-state index contributed by atoms with van der Waals surface area (Å²) in [7, 11) is 0. The van der Waals surface area contributed by atoms with E-state index >= 15 is 0 Å². The van der Waals surface area contributed by atoms with Gasteiger partial charge in [-0.25, -0.2) is 9.50 Å². The molecule has 134 valence electrons. The monoisotopic (exact) mass is 374 g/mol. The predicted molar refractivity (Wildman–Crippen MR) is 110 cm³/mol. The van der Waals surface area contributed by atoms with Gasteiger partial charge in [0.15, 0.2) is 5.16 Å². The first-order valence-electron chi connectivity index (χ1n) is 8.51. The molecule has 6 heteroatoms. The highest BCUT2D eigenvalue weighted by atomic mass is 32.2. The minimum atomic E-state index is -0.0755. The topological polar surface area (TPSA) is 59.3 Å². The molecule has 1 N–H and O–H groups in total. The Kier molecular flexibility index (Phi) is 4.64. The van der Waals surface area contributed by atoms with Crippen LogP contribution in [0.2, 0.25) is 0 Å². The van der Waals surface area contributed by atoms with Crippen LogP contribution in [0.3, 0.4) is 0 Å². The van der Waals surface area contributed by atoms with Gasteiger partial charge in [-0.2, -0.15) is 5.10 Å². The van der Waals surface area contributed by atoms with Crippen molar-refractivity contribution >= 4 is 28.9 Å². The molecule has 27 heavy (non-hydrogen) atoms. The van der Waals surface area contributed by atoms with Gasteiger partial charge in [0, 0.05) is 18.2 Å². The van der Waals surface area contributed by atoms with Crippen molar-refractivity contribution in [3.8, 4) is 22.4 Å². The van der Waals surface area contributed by atoms with Gasteiger partial charge >= 0.3 is 0 Å². The summed E-state index contributed by atoms with van der Waals surface area (Å²) in [6.07, 6.45) is 3.78. The fourth-order valence-corrected chi connectivity index (χ4v) is 3.51. The molecule has 0 saturated heterocycles. The molecule has 0 bridgehead atoms. The second-order valence-corrected chi connectivity index (χ2v) is 6.91. The Hall–Kier alpha value is -3.12. The molecule has 0 radical (unpaired) electrons. The third kappa shape index (κ3) is 3.57. The fourth-order valence-electron chi connectivity index (χ4n) is 3.00. The van der Waals surface area contributed by atoms with Gasteiger partial charge in [0.25, 0.3) is 0 Å². The lowest BCUT2D eigenvalue weighted by atomic mass is 10.0. The molecule has 2 heterocycles. The van der Waals surface area contributed by atoms with Gasteiger partial charge < -0.3 is 5.32 Å². The maximum Gasteiger partial charge on any atom is 0.221 e. The average Bonchev–Trinajstić information content (AvgIpc) is 3.16. The maximum absolute atomic E-state index is 11.3. The van der Waals surface area contributed by atoms with Crippen molar-refractivity contribution in [2.24, 2.45) is 0 Å². The molecule has 0 aliphatic rings. The molecular formula is C21H18N4OS. The first kappa shape index (κ1) is 17.3. The lowest BCUT2D eigenvalue weighted by molar-refractivity contribution is -0.114. The molecule has 0 aliphatic carbocycles. The molecule has 0 spiro atoms. The van der Waals surface area contributed by atoms with Crippen LogP contribution in [0.5, 0.6) is 0 Å². The number of nitrogens with zero attached hydrogens (tertiary/aromatic N) is 3. The van der Waals surface area contributed by atoms with Crippen molar-refractivity contribution in [3.05, 3.63) is 66.9 Å². The third-order valence-corrected chi connectivity index (χ3v) is 4.86. The number of thioether (sulfide) groups is 1. The van der Waals surface area contributed by atoms with Gasteiger partial charge in [-0.15, -0.1) is 0 Å². The Morgan fingerprint density at radius 3 is 2.52 bits per heavy atom. The molecule has 2 aromatic heterocycles. The maximum atomic E-state index is 11.3. The van der Waals surface area contributed by atoms with Crippen LogP contribution in [0.4, 0.5) is 5.69 Å². The zero-order chi connectivity index (χ0) is 18.8. The van der Waals surface area contributed by atoms with E-state index in [1.807, 2.05) is 47.2 Å². The van der Waals surface area contributed by atoms with Crippen LogP contribution >= 0.6 is 11.8 Å². The number of hydrogen-bond donors (Lipinski definition) is 1. The van der Waals surface area contributed by atoms with Gasteiger partial charge in [-0.3, -0.25) is 4.79 Å². The Labute approximate surface area is 161 Å². The Bertz CT molecular complexity index is 1120. The SMILES string of the molecule is CSc1nc(-c2ccc(-c3cccc(NC(C)=O)c3)cc2)cc2ccnn12. The van der Waals surface area contributed by atoms with Gasteiger partial charge in [0.05, 0.1) is 17.4 Å². The van der Waals surface area contributed by atoms with Crippen LogP contribution in [-0.4, -0.2) is 26.8 Å². The van der Waals surface area contributed by atoms with Gasteiger partial charge in [0.1, 0.15) is 0 Å². The second-order valence-electron chi connectivity index (χ2n) is 6.14. The van der Waals surface area contributed by atoms with Crippen molar-refractivity contribution in [1.82, 2.24) is 14.6 Å². The number of aromatic nitrogens is 3. The lowest BCUT2D eigenvalue weighted by Crippen LogP contribution is -2.05. The highest BCUT2D eigenvalue weighted by Gasteiger charge is 2.08. The highest BCUT2D eigenvalue weighted by Crippen LogP contribution is 2.27. The first-order valence-corrected chi connectivity index (χ1v) is 9.74. The summed E-state index contributed by atoms with van der Waals surface area (Å²) in [5.74, 6) is -0.0755. The van der Waals surface area contributed by atoms with E-state index in [0.717, 1.165) is 38.7 Å². The fraction of sp³-hybridized carbons (Fsp3) is 0.0952. The molecule has 2 aromatic carbocycles. The van der Waals surface area contributed by atoms with Crippen molar-refractivity contribution in [1.29, 1.82) is 0 Å². The number of fused-ring (bicyclic) bond motifs is 1. The molecule has 1 amide bonds. The lowest BCUT2D eigenvalue weighted by Gasteiger charge is -2.09. The normalized spacial score (nSPS) is 10.9. The highest BCUT2D eigenvalue weighted by molar-refractivity contribution is 7.98. The van der Waals surface area contributed by atoms with Crippen molar-refractivity contribution in [3.63, 3.8) is 0 Å². The van der Waals surface area contributed by atoms with Crippen molar-refractivity contribution in [2.45, 2.75) is 12.1 Å². The van der Waals surface area contributed by atoms with Crippen LogP contribution in [0.1, 0.15) is 6.92 Å². The number of nitrogens with one attached hydrogen (secondary N) is 1. The number of anilines is 1. The van der Waals surface area contributed by atoms with E-state index < -0.39 is 0 Å². The predicted octanol–water partition coefficient (Wildman–Crippen LogP) is 4.74. The number of benzene rings is 2. The summed E-state index contributed by atoms with van der Waals surface area (Å²) < 4.78 is 1.84. The quantitative estimate of drug-likeness (QED) is 0.414. The third-order valence-electron chi connectivity index (χ3n) is 4.23. The Morgan fingerprint density at radius 1 is 1.00 bits per heavy atom. The standard InChI is InChI=1S/C21H18N4OS/c1-14(26)23-18-5-3-4-17(12-18)15-6-8-16(9-7-15)20-13-19-10-11-22-25(19)21(24-20)27-2/h3-13H,1-2H3,(H,23,26). The Morgan fingerprint density at radius 2 is 1.78 bits per heavy atom. The number of amides is 1. The molecule has 5 nitrogen and oxygen atoms in total. The van der Waals surface area contributed by atoms with Crippen LogP contribution in [0, 0.1) is 0 Å². The molecular weight excluding hydrogens is 356 g/mol. The zero-order valence-corrected chi connectivity index (χ0v) is 15.8. The molecule has 4 rings (SSSR count). The summed E-state index contributed by atoms with van der Waals surface area (Å²) in [6, 6.07) is 20.1. The van der Waals surface area contributed by atoms with E-state index in [0.29, 0.717) is 0 Å². The molecule has 0 fully saturated rings. The minimum absolute atomic E-state index is 0.0755. The summed E-state index contributed by atoms with van der Waals surface area (Å²) in [4.78, 5) is 16.0. The van der Waals surface area contributed by atoms with Crippen LogP contribution in [0.15, 0.2) is 72.0 Å². The van der Waals surface area contributed by atoms with Gasteiger partial charge in [-0.1, -0.05) is 48.2 Å². The smallest absolute Gasteiger partial charge is 0.221 e. The summed E-state index contributed by atoms with van der Waals surface area (Å²) in [6.45, 7) is 1.51.